The average Bonchev–Trinajstić information content (AvgIpc) is 2.46. The zero-order valence-electron chi connectivity index (χ0n) is 13.6. The van der Waals surface area contributed by atoms with Gasteiger partial charge in [-0.1, -0.05) is 6.58 Å². The van der Waals surface area contributed by atoms with Crippen molar-refractivity contribution in [2.45, 2.75) is 0 Å². The van der Waals surface area contributed by atoms with Crippen molar-refractivity contribution in [3.63, 3.8) is 0 Å². The summed E-state index contributed by atoms with van der Waals surface area (Å²) in [6.45, 7) is 14.6. The van der Waals surface area contributed by atoms with Crippen molar-refractivity contribution in [2.24, 2.45) is 0 Å². The summed E-state index contributed by atoms with van der Waals surface area (Å²) in [5, 5.41) is 1.37. The van der Waals surface area contributed by atoms with Crippen LogP contribution in [0.4, 0.5) is 0 Å². The average molecular weight is 303 g/mol. The van der Waals surface area contributed by atoms with Gasteiger partial charge in [-0.15, -0.1) is 0 Å². The number of hydroxylamine groups is 14. The molecule has 8 heteroatoms. The summed E-state index contributed by atoms with van der Waals surface area (Å²) in [7, 11) is 7.98. The van der Waals surface area contributed by atoms with Gasteiger partial charge in [0.05, 0.1) is 19.5 Å². The Hall–Kier alpha value is -1.52. The fraction of sp³-hybridized carbons (Fsp3) is 0.385. The molecule has 0 spiro atoms. The minimum atomic E-state index is -0.510. The maximum Gasteiger partial charge on any atom is 0.169 e. The summed E-state index contributed by atoms with van der Waals surface area (Å²) >= 11 is 0. The van der Waals surface area contributed by atoms with Crippen LogP contribution in [-0.2, 0) is 19.7 Å². The molecule has 3 unspecified atom stereocenters. The van der Waals surface area contributed by atoms with Gasteiger partial charge in [0.15, 0.2) is 18.6 Å². The van der Waals surface area contributed by atoms with Crippen molar-refractivity contribution in [1.29, 1.82) is 0 Å². The minimum absolute atomic E-state index is 0.378. The second kappa shape index (κ2) is 7.48. The monoisotopic (exact) mass is 303 g/mol. The maximum absolute atomic E-state index is 5.76. The predicted octanol–water partition coefficient (Wildman–Crippen LogP) is 1.93. The van der Waals surface area contributed by atoms with E-state index in [0.717, 1.165) is 0 Å². The molecule has 120 valence electrons. The van der Waals surface area contributed by atoms with Crippen molar-refractivity contribution in [1.82, 2.24) is 5.06 Å². The van der Waals surface area contributed by atoms with Crippen LogP contribution in [-0.4, -0.2) is 54.8 Å². The highest BCUT2D eigenvalue weighted by molar-refractivity contribution is 4.55. The van der Waals surface area contributed by atoms with Crippen LogP contribution < -0.4 is 0 Å². The molecule has 0 aliphatic carbocycles. The Morgan fingerprint density at radius 3 is 1.57 bits per heavy atom. The van der Waals surface area contributed by atoms with Crippen LogP contribution in [0.2, 0.25) is 0 Å². The summed E-state index contributed by atoms with van der Waals surface area (Å²) in [5.74, 6) is 0. The Balaban J connectivity index is 5.24. The van der Waals surface area contributed by atoms with Crippen LogP contribution in [0.25, 0.3) is 0 Å². The molecule has 0 saturated heterocycles. The lowest BCUT2D eigenvalue weighted by molar-refractivity contribution is -1.51. The number of quaternary nitrogens is 3. The maximum atomic E-state index is 5.76. The molecule has 8 nitrogen and oxygen atoms in total. The van der Waals surface area contributed by atoms with Crippen LogP contribution in [0.1, 0.15) is 0 Å². The second-order valence-electron chi connectivity index (χ2n) is 4.43. The highest BCUT2D eigenvalue weighted by atomic mass is 17.3. The first-order valence-electron chi connectivity index (χ1n) is 6.14. The van der Waals surface area contributed by atoms with E-state index in [4.69, 9.17) is 19.7 Å². The molecule has 0 aliphatic rings. The van der Waals surface area contributed by atoms with Gasteiger partial charge in [0, 0.05) is 18.1 Å². The highest BCUT2D eigenvalue weighted by Gasteiger charge is 2.47. The van der Waals surface area contributed by atoms with Crippen LogP contribution in [0.15, 0.2) is 51.1 Å². The molecular formula is C13H27N4O4+3. The SMILES string of the molecule is C=CN(C)O[N+](C)(C=C)O[N+](C)(C=C)O[N+](C)(C=C)OC. The van der Waals surface area contributed by atoms with Crippen molar-refractivity contribution in [3.05, 3.63) is 51.1 Å². The Labute approximate surface area is 126 Å². The topological polar surface area (TPSA) is 40.2 Å². The van der Waals surface area contributed by atoms with Crippen LogP contribution in [0.3, 0.4) is 0 Å². The van der Waals surface area contributed by atoms with Gasteiger partial charge in [0.25, 0.3) is 0 Å². The third-order valence-electron chi connectivity index (χ3n) is 2.55. The van der Waals surface area contributed by atoms with E-state index in [2.05, 4.69) is 26.3 Å². The van der Waals surface area contributed by atoms with Gasteiger partial charge in [0.1, 0.15) is 28.3 Å². The molecule has 0 aromatic rings. The molecule has 21 heavy (non-hydrogen) atoms. The summed E-state index contributed by atoms with van der Waals surface area (Å²) in [5.41, 5.74) is 0. The van der Waals surface area contributed by atoms with Gasteiger partial charge >= 0.3 is 0 Å². The Bertz CT molecular complexity index is 406. The summed E-state index contributed by atoms with van der Waals surface area (Å²) in [4.78, 5) is 20.8. The fourth-order valence-electron chi connectivity index (χ4n) is 1.24. The molecule has 0 saturated carbocycles. The molecule has 0 heterocycles. The summed E-state index contributed by atoms with van der Waals surface area (Å²) in [6, 6.07) is 0. The number of hydrogen-bond acceptors (Lipinski definition) is 5. The number of hydrogen-bond donors (Lipinski definition) is 0. The zero-order chi connectivity index (χ0) is 16.7. The fourth-order valence-corrected chi connectivity index (χ4v) is 1.24. The Morgan fingerprint density at radius 2 is 1.24 bits per heavy atom. The molecule has 0 N–H and O–H groups in total. The predicted molar refractivity (Wildman–Crippen MR) is 77.4 cm³/mol. The molecule has 0 rings (SSSR count). The smallest absolute Gasteiger partial charge is 0.169 e. The Kier molecular flexibility index (Phi) is 6.94. The number of nitrogens with zero attached hydrogens (tertiary/aromatic N) is 4. The van der Waals surface area contributed by atoms with Crippen molar-refractivity contribution < 1.29 is 34.1 Å². The van der Waals surface area contributed by atoms with Gasteiger partial charge in [-0.2, -0.15) is 4.84 Å². The van der Waals surface area contributed by atoms with Crippen molar-refractivity contribution in [3.8, 4) is 0 Å². The minimum Gasteiger partial charge on any atom is -0.208 e. The highest BCUT2D eigenvalue weighted by Crippen LogP contribution is 2.22. The molecule has 0 radical (unpaired) electrons. The molecule has 0 aliphatic heterocycles. The lowest BCUT2D eigenvalue weighted by atomic mass is 10.9. The lowest BCUT2D eigenvalue weighted by Gasteiger charge is -2.32. The van der Waals surface area contributed by atoms with E-state index in [1.54, 1.807) is 28.2 Å². The van der Waals surface area contributed by atoms with Crippen molar-refractivity contribution in [2.75, 3.05) is 35.3 Å². The molecule has 0 fully saturated rings. The standard InChI is InChI=1S/C13H27N4O4/c1-10-14(5)19-16(7,12-3)21-17(8,13-4)20-15(6,11-2)18-9/h10-13H,1-4H2,5-9H3/q+3. The molecule has 0 aromatic heterocycles. The first kappa shape index (κ1) is 19.5. The van der Waals surface area contributed by atoms with Gasteiger partial charge in [0.2, 0.25) is 0 Å². The van der Waals surface area contributed by atoms with Crippen molar-refractivity contribution >= 4 is 0 Å². The third-order valence-corrected chi connectivity index (χ3v) is 2.55. The number of rotatable bonds is 11. The first-order valence-corrected chi connectivity index (χ1v) is 6.14. The molecule has 0 aromatic carbocycles. The van der Waals surface area contributed by atoms with Crippen LogP contribution in [0.5, 0.6) is 0 Å². The third kappa shape index (κ3) is 5.78. The largest absolute Gasteiger partial charge is 0.208 e. The van der Waals surface area contributed by atoms with E-state index < -0.39 is 9.62 Å². The second-order valence-corrected chi connectivity index (χ2v) is 4.43. The molecule has 0 amide bonds. The quantitative estimate of drug-likeness (QED) is 0.431. The van der Waals surface area contributed by atoms with Gasteiger partial charge < -0.3 is 0 Å². The molecule has 0 bridgehead atoms. The summed E-state index contributed by atoms with van der Waals surface area (Å²) < 4.78 is 0. The van der Waals surface area contributed by atoms with E-state index in [0.29, 0.717) is 0 Å². The first-order chi connectivity index (χ1) is 9.61. The van der Waals surface area contributed by atoms with Gasteiger partial charge in [-0.3, -0.25) is 0 Å². The van der Waals surface area contributed by atoms with E-state index in [1.165, 1.54) is 37.0 Å². The van der Waals surface area contributed by atoms with Crippen LogP contribution in [0, 0.1) is 0 Å². The molecular weight excluding hydrogens is 276 g/mol. The van der Waals surface area contributed by atoms with Gasteiger partial charge in [-0.05, 0) is 24.7 Å². The molecule has 3 atom stereocenters. The van der Waals surface area contributed by atoms with E-state index in [1.807, 2.05) is 0 Å². The van der Waals surface area contributed by atoms with Crippen LogP contribution >= 0.6 is 0 Å². The van der Waals surface area contributed by atoms with E-state index in [9.17, 15) is 0 Å². The van der Waals surface area contributed by atoms with Gasteiger partial charge in [-0.25, -0.2) is 5.06 Å². The van der Waals surface area contributed by atoms with E-state index in [-0.39, 0.29) is 4.81 Å². The van der Waals surface area contributed by atoms with E-state index >= 15 is 0 Å². The Morgan fingerprint density at radius 1 is 0.810 bits per heavy atom. The normalized spacial score (nSPS) is 19.5. The summed E-state index contributed by atoms with van der Waals surface area (Å²) in [6.07, 6.45) is 5.75. The lowest BCUT2D eigenvalue weighted by Crippen LogP contribution is -2.58. The zero-order valence-corrected chi connectivity index (χ0v) is 13.6.